The van der Waals surface area contributed by atoms with Crippen LogP contribution in [0.25, 0.3) is 0 Å². The summed E-state index contributed by atoms with van der Waals surface area (Å²) in [5, 5.41) is 72.9. The van der Waals surface area contributed by atoms with E-state index in [4.69, 9.17) is 14.2 Å². The number of Topliss-reactive ketones (excluding diaryl/α,β-unsaturated/α-hetero) is 1. The number of amides is 3. The number of nitrogens with one attached hydrogen (secondary N) is 1. The SMILES string of the molecule is O=C(CCCCCC(=O)N[C@@H]1O[C@H](CO)[C@@H](O[C@@H]2O[C@H](CO)[C@H](O)[C@H](O)[C@H]2O)[C@H](O)[C@H]1O)CCCCCN1C(=O)C=CC1=O. The molecule has 3 heterocycles. The number of unbranched alkanes of at least 4 members (excludes halogenated alkanes) is 4. The summed E-state index contributed by atoms with van der Waals surface area (Å²) in [6, 6.07) is 0. The standard InChI is InChI=1S/C28H44N2O14/c31-13-16-21(37)22(38)25(41)28(43-16)44-26-17(14-32)42-27(24(40)23(26)39)29-18(34)9-5-1-3-7-15(33)8-4-2-6-12-30-19(35)10-11-20(30)36/h10-11,16-17,21-28,31-32,37-41H,1-9,12-14H2,(H,29,34)/t16-,17-,21+,22+,23-,24-,25-,26-,27-,28+/m1/s1. The minimum atomic E-state index is -1.78. The summed E-state index contributed by atoms with van der Waals surface area (Å²) >= 11 is 0. The molecule has 0 aromatic heterocycles. The first-order valence-electron chi connectivity index (χ1n) is 14.9. The second-order valence-electron chi connectivity index (χ2n) is 11.2. The van der Waals surface area contributed by atoms with E-state index in [2.05, 4.69) is 5.32 Å². The van der Waals surface area contributed by atoms with Gasteiger partial charge < -0.3 is 55.3 Å². The van der Waals surface area contributed by atoms with Gasteiger partial charge in [-0.1, -0.05) is 12.8 Å². The first-order valence-corrected chi connectivity index (χ1v) is 14.9. The summed E-state index contributed by atoms with van der Waals surface area (Å²) in [7, 11) is 0. The Morgan fingerprint density at radius 1 is 0.727 bits per heavy atom. The average molecular weight is 633 g/mol. The number of imide groups is 1. The van der Waals surface area contributed by atoms with Crippen molar-refractivity contribution in [2.45, 2.75) is 119 Å². The Bertz CT molecular complexity index is 989. The third-order valence-corrected chi connectivity index (χ3v) is 7.90. The Morgan fingerprint density at radius 2 is 1.32 bits per heavy atom. The molecule has 0 aromatic rings. The average Bonchev–Trinajstić information content (AvgIpc) is 3.32. The number of hydrogen-bond donors (Lipinski definition) is 8. The molecule has 3 aliphatic heterocycles. The maximum atomic E-state index is 12.4. The molecule has 10 atom stereocenters. The summed E-state index contributed by atoms with van der Waals surface area (Å²) in [4.78, 5) is 48.8. The number of ether oxygens (including phenoxy) is 3. The van der Waals surface area contributed by atoms with E-state index in [-0.39, 0.29) is 24.0 Å². The molecule has 0 aliphatic carbocycles. The van der Waals surface area contributed by atoms with Crippen LogP contribution in [-0.4, -0.2) is 145 Å². The van der Waals surface area contributed by atoms with Gasteiger partial charge >= 0.3 is 0 Å². The number of rotatable bonds is 17. The summed E-state index contributed by atoms with van der Waals surface area (Å²) in [5.74, 6) is -1.04. The highest BCUT2D eigenvalue weighted by molar-refractivity contribution is 6.12. The molecule has 0 bridgehead atoms. The van der Waals surface area contributed by atoms with E-state index in [1.165, 1.54) is 17.1 Å². The first-order chi connectivity index (χ1) is 21.0. The lowest BCUT2D eigenvalue weighted by molar-refractivity contribution is -0.343. The fraction of sp³-hybridized carbons (Fsp3) is 0.786. The predicted molar refractivity (Wildman–Crippen MR) is 147 cm³/mol. The van der Waals surface area contributed by atoms with Gasteiger partial charge in [0, 0.05) is 38.0 Å². The van der Waals surface area contributed by atoms with E-state index in [1.54, 1.807) is 0 Å². The molecule has 0 radical (unpaired) electrons. The number of nitrogens with zero attached hydrogens (tertiary/aromatic N) is 1. The van der Waals surface area contributed by atoms with Crippen molar-refractivity contribution in [2.24, 2.45) is 0 Å². The van der Waals surface area contributed by atoms with Gasteiger partial charge in [-0.05, 0) is 25.7 Å². The fourth-order valence-corrected chi connectivity index (χ4v) is 5.27. The third kappa shape index (κ3) is 9.56. The molecule has 2 fully saturated rings. The molecule has 16 nitrogen and oxygen atoms in total. The Kier molecular flexibility index (Phi) is 14.2. The smallest absolute Gasteiger partial charge is 0.253 e. The van der Waals surface area contributed by atoms with Crippen LogP contribution in [0.1, 0.15) is 57.8 Å². The van der Waals surface area contributed by atoms with Crippen LogP contribution in [0.15, 0.2) is 12.2 Å². The van der Waals surface area contributed by atoms with Crippen LogP contribution < -0.4 is 5.32 Å². The van der Waals surface area contributed by atoms with E-state index >= 15 is 0 Å². The number of hydrogen-bond acceptors (Lipinski definition) is 14. The van der Waals surface area contributed by atoms with E-state index in [0.29, 0.717) is 57.9 Å². The van der Waals surface area contributed by atoms with Gasteiger partial charge in [0.15, 0.2) is 12.5 Å². The fourth-order valence-electron chi connectivity index (χ4n) is 5.27. The number of aliphatic hydroxyl groups is 7. The van der Waals surface area contributed by atoms with E-state index in [9.17, 15) is 54.9 Å². The van der Waals surface area contributed by atoms with Crippen LogP contribution in [0.5, 0.6) is 0 Å². The van der Waals surface area contributed by atoms with Crippen molar-refractivity contribution >= 4 is 23.5 Å². The Hall–Kier alpha value is -2.38. The maximum Gasteiger partial charge on any atom is 0.253 e. The molecular weight excluding hydrogens is 588 g/mol. The van der Waals surface area contributed by atoms with Gasteiger partial charge in [0.1, 0.15) is 54.6 Å². The number of ketones is 1. The predicted octanol–water partition coefficient (Wildman–Crippen LogP) is -3.27. The molecular formula is C28H44N2O14. The highest BCUT2D eigenvalue weighted by Gasteiger charge is 2.50. The molecule has 0 unspecified atom stereocenters. The topological polar surface area (TPSA) is 253 Å². The molecule has 0 aromatic carbocycles. The first kappa shape index (κ1) is 36.1. The van der Waals surface area contributed by atoms with Crippen molar-refractivity contribution in [3.8, 4) is 0 Å². The van der Waals surface area contributed by atoms with E-state index in [1.807, 2.05) is 0 Å². The van der Waals surface area contributed by atoms with Gasteiger partial charge in [-0.25, -0.2) is 0 Å². The molecule has 0 spiro atoms. The van der Waals surface area contributed by atoms with Crippen molar-refractivity contribution in [1.82, 2.24) is 10.2 Å². The molecule has 3 aliphatic rings. The Balaban J connectivity index is 1.32. The van der Waals surface area contributed by atoms with Crippen molar-refractivity contribution < 1.29 is 69.1 Å². The van der Waals surface area contributed by atoms with E-state index < -0.39 is 80.5 Å². The number of carbonyl (C=O) groups excluding carboxylic acids is 4. The summed E-state index contributed by atoms with van der Waals surface area (Å²) in [6.45, 7) is -1.10. The highest BCUT2D eigenvalue weighted by atomic mass is 16.7. The van der Waals surface area contributed by atoms with Gasteiger partial charge in [-0.15, -0.1) is 0 Å². The largest absolute Gasteiger partial charge is 0.394 e. The van der Waals surface area contributed by atoms with Crippen LogP contribution in [0.3, 0.4) is 0 Å². The summed E-state index contributed by atoms with van der Waals surface area (Å²) in [5.41, 5.74) is 0. The lowest BCUT2D eigenvalue weighted by Crippen LogP contribution is -2.66. The maximum absolute atomic E-state index is 12.4. The second-order valence-corrected chi connectivity index (χ2v) is 11.2. The van der Waals surface area contributed by atoms with Crippen molar-refractivity contribution in [3.05, 3.63) is 12.2 Å². The molecule has 3 amide bonds. The number of aliphatic hydroxyl groups excluding tert-OH is 7. The third-order valence-electron chi connectivity index (χ3n) is 7.90. The van der Waals surface area contributed by atoms with E-state index in [0.717, 1.165) is 0 Å². The zero-order valence-corrected chi connectivity index (χ0v) is 24.3. The van der Waals surface area contributed by atoms with Gasteiger partial charge in [0.25, 0.3) is 11.8 Å². The van der Waals surface area contributed by atoms with Crippen LogP contribution in [-0.2, 0) is 33.4 Å². The Labute approximate surface area is 254 Å². The molecule has 250 valence electrons. The second kappa shape index (κ2) is 17.4. The van der Waals surface area contributed by atoms with Crippen molar-refractivity contribution in [3.63, 3.8) is 0 Å². The normalized spacial score (nSPS) is 34.0. The molecule has 3 rings (SSSR count). The Morgan fingerprint density at radius 3 is 1.93 bits per heavy atom. The summed E-state index contributed by atoms with van der Waals surface area (Å²) < 4.78 is 16.3. The minimum Gasteiger partial charge on any atom is -0.394 e. The van der Waals surface area contributed by atoms with Crippen LogP contribution in [0, 0.1) is 0 Å². The summed E-state index contributed by atoms with van der Waals surface area (Å²) in [6.07, 6.45) is -8.79. The molecule has 0 saturated carbocycles. The van der Waals surface area contributed by atoms with Gasteiger partial charge in [-0.3, -0.25) is 24.1 Å². The van der Waals surface area contributed by atoms with Gasteiger partial charge in [0.2, 0.25) is 5.91 Å². The number of carbonyl (C=O) groups is 4. The monoisotopic (exact) mass is 632 g/mol. The van der Waals surface area contributed by atoms with Gasteiger partial charge in [-0.2, -0.15) is 0 Å². The van der Waals surface area contributed by atoms with Crippen LogP contribution in [0.2, 0.25) is 0 Å². The zero-order chi connectivity index (χ0) is 32.4. The van der Waals surface area contributed by atoms with Crippen LogP contribution >= 0.6 is 0 Å². The van der Waals surface area contributed by atoms with Gasteiger partial charge in [0.05, 0.1) is 13.2 Å². The molecule has 44 heavy (non-hydrogen) atoms. The lowest BCUT2D eigenvalue weighted by Gasteiger charge is -2.46. The minimum absolute atomic E-state index is 0.0499. The van der Waals surface area contributed by atoms with Crippen molar-refractivity contribution in [2.75, 3.05) is 19.8 Å². The van der Waals surface area contributed by atoms with Crippen molar-refractivity contribution in [1.29, 1.82) is 0 Å². The quantitative estimate of drug-likeness (QED) is 0.0579. The molecule has 16 heteroatoms. The zero-order valence-electron chi connectivity index (χ0n) is 24.3. The molecule has 8 N–H and O–H groups in total. The lowest BCUT2D eigenvalue weighted by atomic mass is 9.96. The highest BCUT2D eigenvalue weighted by Crippen LogP contribution is 2.28. The van der Waals surface area contributed by atoms with Crippen LogP contribution in [0.4, 0.5) is 0 Å². The molecule has 2 saturated heterocycles.